The van der Waals surface area contributed by atoms with Crippen molar-refractivity contribution in [3.63, 3.8) is 0 Å². The van der Waals surface area contributed by atoms with Crippen molar-refractivity contribution in [1.82, 2.24) is 14.9 Å². The predicted molar refractivity (Wildman–Crippen MR) is 125 cm³/mol. The molecular formula is C24H23N5O3. The van der Waals surface area contributed by atoms with Crippen LogP contribution in [0.2, 0.25) is 0 Å². The summed E-state index contributed by atoms with van der Waals surface area (Å²) >= 11 is 0. The van der Waals surface area contributed by atoms with Gasteiger partial charge in [-0.15, -0.1) is 0 Å². The Balaban J connectivity index is 1.46. The van der Waals surface area contributed by atoms with E-state index in [4.69, 9.17) is 4.42 Å². The monoisotopic (exact) mass is 429 g/mol. The van der Waals surface area contributed by atoms with Gasteiger partial charge in [0.05, 0.1) is 30.0 Å². The van der Waals surface area contributed by atoms with Crippen LogP contribution in [0, 0.1) is 0 Å². The van der Waals surface area contributed by atoms with Crippen LogP contribution in [-0.2, 0) is 0 Å². The van der Waals surface area contributed by atoms with Crippen LogP contribution >= 0.6 is 0 Å². The predicted octanol–water partition coefficient (Wildman–Crippen LogP) is 3.39. The van der Waals surface area contributed by atoms with Gasteiger partial charge in [0.25, 0.3) is 5.56 Å². The molecule has 8 nitrogen and oxygen atoms in total. The summed E-state index contributed by atoms with van der Waals surface area (Å²) in [6.07, 6.45) is 6.50. The largest absolute Gasteiger partial charge is 0.494 e. The highest BCUT2D eigenvalue weighted by molar-refractivity contribution is 6.03. The Hall–Kier alpha value is -3.91. The summed E-state index contributed by atoms with van der Waals surface area (Å²) in [6, 6.07) is 11.1. The Morgan fingerprint density at radius 2 is 1.94 bits per heavy atom. The lowest BCUT2D eigenvalue weighted by atomic mass is 10.0. The molecule has 3 aromatic heterocycles. The Kier molecular flexibility index (Phi) is 5.20. The number of H-pyrrole nitrogens is 1. The third-order valence-corrected chi connectivity index (χ3v) is 5.80. The summed E-state index contributed by atoms with van der Waals surface area (Å²) in [5.74, 6) is 0.705. The van der Waals surface area contributed by atoms with Gasteiger partial charge < -0.3 is 19.3 Å². The van der Waals surface area contributed by atoms with Gasteiger partial charge in [-0.1, -0.05) is 6.07 Å². The first kappa shape index (κ1) is 20.0. The number of furan rings is 1. The molecule has 2 N–H and O–H groups in total. The van der Waals surface area contributed by atoms with E-state index in [1.165, 1.54) is 0 Å². The van der Waals surface area contributed by atoms with Crippen molar-refractivity contribution in [2.45, 2.75) is 0 Å². The van der Waals surface area contributed by atoms with E-state index in [1.54, 1.807) is 31.0 Å². The number of hydrogen-bond acceptors (Lipinski definition) is 7. The van der Waals surface area contributed by atoms with Crippen molar-refractivity contribution in [1.29, 1.82) is 0 Å². The van der Waals surface area contributed by atoms with Gasteiger partial charge in [0.15, 0.2) is 0 Å². The van der Waals surface area contributed by atoms with E-state index in [2.05, 4.69) is 31.8 Å². The van der Waals surface area contributed by atoms with Gasteiger partial charge in [-0.2, -0.15) is 0 Å². The highest BCUT2D eigenvalue weighted by Gasteiger charge is 2.15. The third kappa shape index (κ3) is 3.88. The summed E-state index contributed by atoms with van der Waals surface area (Å²) in [4.78, 5) is 28.4. The lowest BCUT2D eigenvalue weighted by Gasteiger charge is -2.33. The Bertz CT molecular complexity index is 1320. The van der Waals surface area contributed by atoms with Gasteiger partial charge in [0, 0.05) is 48.7 Å². The fourth-order valence-electron chi connectivity index (χ4n) is 3.89. The van der Waals surface area contributed by atoms with Crippen molar-refractivity contribution < 1.29 is 9.52 Å². The molecule has 0 bridgehead atoms. The molecule has 1 saturated heterocycles. The third-order valence-electron chi connectivity index (χ3n) is 5.80. The van der Waals surface area contributed by atoms with E-state index in [1.807, 2.05) is 30.3 Å². The van der Waals surface area contributed by atoms with Crippen molar-refractivity contribution in [2.75, 3.05) is 38.1 Å². The fraction of sp³-hybridized carbons (Fsp3) is 0.208. The van der Waals surface area contributed by atoms with Crippen LogP contribution in [0.25, 0.3) is 21.9 Å². The first-order valence-electron chi connectivity index (χ1n) is 10.4. The summed E-state index contributed by atoms with van der Waals surface area (Å²) in [5.41, 5.74) is 2.51. The van der Waals surface area contributed by atoms with E-state index >= 15 is 0 Å². The van der Waals surface area contributed by atoms with Gasteiger partial charge in [0.1, 0.15) is 5.82 Å². The van der Waals surface area contributed by atoms with E-state index in [0.29, 0.717) is 22.0 Å². The average Bonchev–Trinajstić information content (AvgIpc) is 3.35. The van der Waals surface area contributed by atoms with Crippen molar-refractivity contribution >= 4 is 28.5 Å². The molecule has 0 amide bonds. The number of rotatable bonds is 4. The molecule has 0 saturated carbocycles. The number of aromatic amines is 1. The molecule has 1 fully saturated rings. The second-order valence-corrected chi connectivity index (χ2v) is 7.91. The maximum absolute atomic E-state index is 12.3. The molecule has 0 radical (unpaired) electrons. The second kappa shape index (κ2) is 8.32. The minimum Gasteiger partial charge on any atom is -0.494 e. The highest BCUT2D eigenvalue weighted by Crippen LogP contribution is 2.28. The van der Waals surface area contributed by atoms with E-state index in [-0.39, 0.29) is 11.4 Å². The van der Waals surface area contributed by atoms with Gasteiger partial charge >= 0.3 is 0 Å². The maximum Gasteiger partial charge on any atom is 0.258 e. The number of piperazine rings is 1. The molecule has 32 heavy (non-hydrogen) atoms. The second-order valence-electron chi connectivity index (χ2n) is 7.91. The van der Waals surface area contributed by atoms with Crippen LogP contribution in [0.1, 0.15) is 5.56 Å². The molecule has 0 unspecified atom stereocenters. The normalized spacial score (nSPS) is 15.1. The summed E-state index contributed by atoms with van der Waals surface area (Å²) in [5, 5.41) is 11.5. The minimum atomic E-state index is -0.355. The van der Waals surface area contributed by atoms with Crippen LogP contribution in [0.4, 0.5) is 11.5 Å². The van der Waals surface area contributed by atoms with Gasteiger partial charge in [0.2, 0.25) is 5.88 Å². The lowest BCUT2D eigenvalue weighted by Crippen LogP contribution is -2.44. The molecule has 5 rings (SSSR count). The molecule has 1 aromatic carbocycles. The number of nitrogens with one attached hydrogen (secondary N) is 1. The van der Waals surface area contributed by atoms with Gasteiger partial charge in [-0.3, -0.25) is 14.8 Å². The molecule has 8 heteroatoms. The number of nitrogens with zero attached hydrogens (tertiary/aromatic N) is 4. The van der Waals surface area contributed by atoms with E-state index < -0.39 is 0 Å². The zero-order valence-electron chi connectivity index (χ0n) is 17.7. The van der Waals surface area contributed by atoms with Crippen molar-refractivity contribution in [3.8, 4) is 17.0 Å². The molecule has 0 spiro atoms. The van der Waals surface area contributed by atoms with Crippen LogP contribution in [0.5, 0.6) is 5.88 Å². The number of likely N-dealkylation sites (N-methyl/N-ethyl adjacent to an activating group) is 1. The van der Waals surface area contributed by atoms with Crippen LogP contribution < -0.4 is 10.5 Å². The quantitative estimate of drug-likeness (QED) is 0.483. The molecule has 4 aromatic rings. The maximum atomic E-state index is 12.3. The van der Waals surface area contributed by atoms with Crippen LogP contribution in [0.3, 0.4) is 0 Å². The number of aromatic hydroxyl groups is 1. The molecule has 0 atom stereocenters. The SMILES string of the molecule is CN1CCN(c2ccc(N=Cc3c(O)[nH]c(=O)c4ccc(-c5ccoc5)cc34)cn2)CC1. The average molecular weight is 429 g/mol. The molecule has 4 heterocycles. The standard InChI is InChI=1S/C24H23N5O3/c1-28-7-9-29(10-8-28)22-5-3-18(13-26-22)25-14-21-20-12-16(17-6-11-32-15-17)2-4-19(20)23(30)27-24(21)31/h2-6,11-15H,7-10H2,1H3,(H2,27,30,31). The van der Waals surface area contributed by atoms with Crippen molar-refractivity contribution in [2.24, 2.45) is 4.99 Å². The van der Waals surface area contributed by atoms with E-state index in [9.17, 15) is 9.90 Å². The number of anilines is 1. The number of pyridine rings is 2. The molecule has 1 aliphatic heterocycles. The smallest absolute Gasteiger partial charge is 0.258 e. The molecule has 0 aliphatic carbocycles. The topological polar surface area (TPSA) is 98.0 Å². The fourth-order valence-corrected chi connectivity index (χ4v) is 3.89. The highest BCUT2D eigenvalue weighted by atomic mass is 16.3. The number of aromatic nitrogens is 2. The van der Waals surface area contributed by atoms with E-state index in [0.717, 1.165) is 43.1 Å². The van der Waals surface area contributed by atoms with Crippen LogP contribution in [-0.4, -0.2) is 59.4 Å². The molecule has 1 aliphatic rings. The zero-order valence-corrected chi connectivity index (χ0v) is 17.7. The first-order valence-corrected chi connectivity index (χ1v) is 10.4. The van der Waals surface area contributed by atoms with Crippen molar-refractivity contribution in [3.05, 3.63) is 71.0 Å². The minimum absolute atomic E-state index is 0.224. The summed E-state index contributed by atoms with van der Waals surface area (Å²) < 4.78 is 5.17. The summed E-state index contributed by atoms with van der Waals surface area (Å²) in [6.45, 7) is 3.92. The number of benzene rings is 1. The van der Waals surface area contributed by atoms with Gasteiger partial charge in [-0.25, -0.2) is 4.98 Å². The van der Waals surface area contributed by atoms with Gasteiger partial charge in [-0.05, 0) is 42.9 Å². The molecule has 162 valence electrons. The Labute approximate surface area is 184 Å². The first-order chi connectivity index (χ1) is 15.6. The Morgan fingerprint density at radius 1 is 1.09 bits per heavy atom. The van der Waals surface area contributed by atoms with Crippen LogP contribution in [0.15, 0.2) is 69.3 Å². The number of aliphatic imine (C=N–C) groups is 1. The Morgan fingerprint density at radius 3 is 2.66 bits per heavy atom. The lowest BCUT2D eigenvalue weighted by molar-refractivity contribution is 0.312. The summed E-state index contributed by atoms with van der Waals surface area (Å²) in [7, 11) is 2.12. The number of fused-ring (bicyclic) bond motifs is 1. The number of hydrogen-bond donors (Lipinski definition) is 2. The molecular weight excluding hydrogens is 406 g/mol. The zero-order chi connectivity index (χ0) is 22.1.